The van der Waals surface area contributed by atoms with Crippen molar-refractivity contribution in [2.24, 2.45) is 5.73 Å². The molecule has 0 unspecified atom stereocenters. The Bertz CT molecular complexity index is 643. The van der Waals surface area contributed by atoms with E-state index in [0.29, 0.717) is 16.6 Å². The Morgan fingerprint density at radius 1 is 1.47 bits per heavy atom. The van der Waals surface area contributed by atoms with E-state index in [1.165, 1.54) is 12.3 Å². The van der Waals surface area contributed by atoms with Crippen LogP contribution in [0.2, 0.25) is 0 Å². The van der Waals surface area contributed by atoms with Gasteiger partial charge in [-0.1, -0.05) is 18.7 Å². The molecule has 0 spiro atoms. The van der Waals surface area contributed by atoms with Crippen LogP contribution in [-0.2, 0) is 0 Å². The second-order valence-electron chi connectivity index (χ2n) is 3.33. The number of rotatable bonds is 3. The number of allylic oxidation sites excluding steroid dienone is 1. The zero-order chi connectivity index (χ0) is 12.3. The van der Waals surface area contributed by atoms with E-state index >= 15 is 0 Å². The summed E-state index contributed by atoms with van der Waals surface area (Å²) in [4.78, 5) is 15.8. The van der Waals surface area contributed by atoms with Crippen molar-refractivity contribution in [3.05, 3.63) is 59.2 Å². The summed E-state index contributed by atoms with van der Waals surface area (Å²) in [5.41, 5.74) is 5.82. The fraction of sp³-hybridized carbons (Fsp3) is 0. The minimum absolute atomic E-state index is 0.0943. The summed E-state index contributed by atoms with van der Waals surface area (Å²) in [6.45, 7) is 3.67. The van der Waals surface area contributed by atoms with Crippen molar-refractivity contribution in [1.82, 2.24) is 4.98 Å². The van der Waals surface area contributed by atoms with Crippen molar-refractivity contribution in [2.45, 2.75) is 0 Å². The summed E-state index contributed by atoms with van der Waals surface area (Å²) >= 11 is 0. The van der Waals surface area contributed by atoms with Crippen molar-refractivity contribution in [1.29, 1.82) is 0 Å². The van der Waals surface area contributed by atoms with Gasteiger partial charge in [-0.15, -0.1) is 0 Å². The SMILES string of the molecule is C=C(/C=C\N)Nc1nc2ccccc2c(=O)o1. The third kappa shape index (κ3) is 2.34. The van der Waals surface area contributed by atoms with E-state index in [9.17, 15) is 4.79 Å². The molecule has 1 aromatic carbocycles. The van der Waals surface area contributed by atoms with Crippen LogP contribution in [-0.4, -0.2) is 4.98 Å². The summed E-state index contributed by atoms with van der Waals surface area (Å²) in [6, 6.07) is 7.04. The molecule has 2 aromatic rings. The molecule has 0 saturated heterocycles. The molecule has 0 atom stereocenters. The van der Waals surface area contributed by atoms with Crippen molar-refractivity contribution < 1.29 is 4.42 Å². The van der Waals surface area contributed by atoms with E-state index in [4.69, 9.17) is 10.2 Å². The summed E-state index contributed by atoms with van der Waals surface area (Å²) in [6.07, 6.45) is 2.87. The normalized spacial score (nSPS) is 10.8. The minimum atomic E-state index is -0.442. The first-order chi connectivity index (χ1) is 8.20. The Hall–Kier alpha value is -2.56. The molecule has 0 saturated carbocycles. The lowest BCUT2D eigenvalue weighted by atomic mass is 10.2. The highest BCUT2D eigenvalue weighted by atomic mass is 16.4. The van der Waals surface area contributed by atoms with Gasteiger partial charge in [0.05, 0.1) is 10.9 Å². The number of nitrogens with two attached hydrogens (primary N) is 1. The molecule has 0 amide bonds. The first kappa shape index (κ1) is 10.9. The van der Waals surface area contributed by atoms with E-state index in [1.807, 2.05) is 0 Å². The second-order valence-corrected chi connectivity index (χ2v) is 3.33. The lowest BCUT2D eigenvalue weighted by Gasteiger charge is -2.03. The third-order valence-corrected chi connectivity index (χ3v) is 2.10. The van der Waals surface area contributed by atoms with Gasteiger partial charge in [0.25, 0.3) is 0 Å². The van der Waals surface area contributed by atoms with E-state index in [1.54, 1.807) is 24.3 Å². The highest BCUT2D eigenvalue weighted by Gasteiger charge is 2.05. The second kappa shape index (κ2) is 4.52. The molecule has 0 aliphatic heterocycles. The highest BCUT2D eigenvalue weighted by Crippen LogP contribution is 2.11. The maximum atomic E-state index is 11.6. The molecule has 17 heavy (non-hydrogen) atoms. The van der Waals surface area contributed by atoms with Crippen LogP contribution in [0.4, 0.5) is 6.01 Å². The van der Waals surface area contributed by atoms with Crippen LogP contribution >= 0.6 is 0 Å². The van der Waals surface area contributed by atoms with Crippen LogP contribution in [0.25, 0.3) is 10.9 Å². The Labute approximate surface area is 97.3 Å². The molecule has 86 valence electrons. The van der Waals surface area contributed by atoms with Crippen molar-refractivity contribution >= 4 is 16.9 Å². The maximum Gasteiger partial charge on any atom is 0.348 e. The Morgan fingerprint density at radius 3 is 3.00 bits per heavy atom. The van der Waals surface area contributed by atoms with Gasteiger partial charge in [-0.05, 0) is 24.4 Å². The largest absolute Gasteiger partial charge is 0.405 e. The first-order valence-corrected chi connectivity index (χ1v) is 4.95. The molecule has 0 fully saturated rings. The Kier molecular flexibility index (Phi) is 2.91. The Morgan fingerprint density at radius 2 is 2.24 bits per heavy atom. The van der Waals surface area contributed by atoms with Crippen molar-refractivity contribution in [3.63, 3.8) is 0 Å². The van der Waals surface area contributed by atoms with Gasteiger partial charge in [0.2, 0.25) is 0 Å². The molecular weight excluding hydrogens is 218 g/mol. The van der Waals surface area contributed by atoms with Crippen LogP contribution in [0.3, 0.4) is 0 Å². The predicted molar refractivity (Wildman–Crippen MR) is 66.4 cm³/mol. The zero-order valence-corrected chi connectivity index (χ0v) is 9.01. The van der Waals surface area contributed by atoms with Gasteiger partial charge in [0.1, 0.15) is 0 Å². The number of aromatic nitrogens is 1. The number of anilines is 1. The van der Waals surface area contributed by atoms with Gasteiger partial charge in [-0.25, -0.2) is 4.79 Å². The van der Waals surface area contributed by atoms with Gasteiger partial charge in [-0.3, -0.25) is 0 Å². The van der Waals surface area contributed by atoms with Crippen molar-refractivity contribution in [2.75, 3.05) is 5.32 Å². The number of benzene rings is 1. The third-order valence-electron chi connectivity index (χ3n) is 2.10. The van der Waals surface area contributed by atoms with E-state index in [-0.39, 0.29) is 6.01 Å². The molecule has 5 nitrogen and oxygen atoms in total. The molecule has 0 bridgehead atoms. The van der Waals surface area contributed by atoms with Gasteiger partial charge in [-0.2, -0.15) is 4.98 Å². The van der Waals surface area contributed by atoms with Gasteiger partial charge >= 0.3 is 11.6 Å². The molecular formula is C12H11N3O2. The van der Waals surface area contributed by atoms with E-state index in [0.717, 1.165) is 0 Å². The van der Waals surface area contributed by atoms with Crippen LogP contribution < -0.4 is 16.7 Å². The molecule has 0 aliphatic rings. The number of nitrogens with zero attached hydrogens (tertiary/aromatic N) is 1. The van der Waals surface area contributed by atoms with Gasteiger partial charge in [0, 0.05) is 5.70 Å². The fourth-order valence-corrected chi connectivity index (χ4v) is 1.37. The van der Waals surface area contributed by atoms with Crippen LogP contribution in [0.1, 0.15) is 0 Å². The highest BCUT2D eigenvalue weighted by molar-refractivity contribution is 5.77. The van der Waals surface area contributed by atoms with Crippen molar-refractivity contribution in [3.8, 4) is 0 Å². The molecule has 5 heteroatoms. The molecule has 2 rings (SSSR count). The maximum absolute atomic E-state index is 11.6. The standard InChI is InChI=1S/C12H11N3O2/c1-8(6-7-13)14-12-15-10-5-3-2-4-9(10)11(16)17-12/h2-7H,1,13H2,(H,14,15)/b7-6-. The first-order valence-electron chi connectivity index (χ1n) is 4.95. The Balaban J connectivity index is 2.44. The smallest absolute Gasteiger partial charge is 0.348 e. The van der Waals surface area contributed by atoms with Crippen LogP contribution in [0.15, 0.2) is 58.0 Å². The predicted octanol–water partition coefficient (Wildman–Crippen LogP) is 1.59. The molecule has 0 aliphatic carbocycles. The number of nitrogens with one attached hydrogen (secondary N) is 1. The lowest BCUT2D eigenvalue weighted by Crippen LogP contribution is -2.06. The van der Waals surface area contributed by atoms with E-state index in [2.05, 4.69) is 16.9 Å². The van der Waals surface area contributed by atoms with Crippen LogP contribution in [0.5, 0.6) is 0 Å². The number of hydrogen-bond donors (Lipinski definition) is 2. The number of para-hydroxylation sites is 1. The zero-order valence-electron chi connectivity index (χ0n) is 9.01. The molecule has 3 N–H and O–H groups in total. The summed E-state index contributed by atoms with van der Waals surface area (Å²) in [5, 5.41) is 3.18. The van der Waals surface area contributed by atoms with Crippen LogP contribution in [0, 0.1) is 0 Å². The summed E-state index contributed by atoms with van der Waals surface area (Å²) in [7, 11) is 0. The molecule has 1 heterocycles. The average molecular weight is 229 g/mol. The quantitative estimate of drug-likeness (QED) is 0.781. The minimum Gasteiger partial charge on any atom is -0.405 e. The summed E-state index contributed by atoms with van der Waals surface area (Å²) in [5.74, 6) is 0. The number of hydrogen-bond acceptors (Lipinski definition) is 5. The van der Waals surface area contributed by atoms with E-state index < -0.39 is 5.63 Å². The topological polar surface area (TPSA) is 81.1 Å². The molecule has 1 aromatic heterocycles. The molecule has 0 radical (unpaired) electrons. The number of fused-ring (bicyclic) bond motifs is 1. The lowest BCUT2D eigenvalue weighted by molar-refractivity contribution is 0.521. The van der Waals surface area contributed by atoms with Gasteiger partial charge < -0.3 is 15.5 Å². The monoisotopic (exact) mass is 229 g/mol. The average Bonchev–Trinajstić information content (AvgIpc) is 2.29. The fourth-order valence-electron chi connectivity index (χ4n) is 1.37. The van der Waals surface area contributed by atoms with Gasteiger partial charge in [0.15, 0.2) is 0 Å². The summed E-state index contributed by atoms with van der Waals surface area (Å²) < 4.78 is 4.99.